The summed E-state index contributed by atoms with van der Waals surface area (Å²) in [5, 5.41) is 13.7. The van der Waals surface area contributed by atoms with Gasteiger partial charge in [0.25, 0.3) is 0 Å². The molecule has 0 rings (SSSR count). The van der Waals surface area contributed by atoms with Gasteiger partial charge in [0, 0.05) is 6.42 Å². The van der Waals surface area contributed by atoms with Crippen LogP contribution in [0.15, 0.2) is 109 Å². The van der Waals surface area contributed by atoms with Crippen molar-refractivity contribution >= 4 is 13.7 Å². The van der Waals surface area contributed by atoms with Crippen LogP contribution in [0.25, 0.3) is 0 Å². The zero-order valence-corrected chi connectivity index (χ0v) is 36.7. The van der Waals surface area contributed by atoms with Crippen molar-refractivity contribution in [3.05, 3.63) is 109 Å². The largest absolute Gasteiger partial charge is 0.472 e. The number of rotatable bonds is 36. The smallest absolute Gasteiger partial charge is 0.387 e. The second-order valence-electron chi connectivity index (χ2n) is 15.0. The van der Waals surface area contributed by atoms with Crippen LogP contribution in [0.2, 0.25) is 0 Å². The lowest BCUT2D eigenvalue weighted by Gasteiger charge is -2.25. The summed E-state index contributed by atoms with van der Waals surface area (Å²) in [4.78, 5) is 23.0. The molecule has 1 amide bonds. The number of hydrogen-bond acceptors (Lipinski definition) is 5. The van der Waals surface area contributed by atoms with Gasteiger partial charge >= 0.3 is 7.82 Å². The molecule has 0 aliphatic carbocycles. The fourth-order valence-corrected chi connectivity index (χ4v) is 5.82. The zero-order valence-electron chi connectivity index (χ0n) is 35.8. The van der Waals surface area contributed by atoms with E-state index < -0.39 is 20.0 Å². The Morgan fingerprint density at radius 2 is 1.09 bits per heavy atom. The Labute approximate surface area is 342 Å². The zero-order chi connectivity index (χ0) is 41.4. The highest BCUT2D eigenvalue weighted by Crippen LogP contribution is 2.43. The third kappa shape index (κ3) is 39.4. The minimum atomic E-state index is -4.36. The molecule has 0 heterocycles. The van der Waals surface area contributed by atoms with Gasteiger partial charge < -0.3 is 19.8 Å². The monoisotopic (exact) mass is 800 g/mol. The van der Waals surface area contributed by atoms with Crippen LogP contribution in [-0.4, -0.2) is 73.4 Å². The molecule has 8 nitrogen and oxygen atoms in total. The Balaban J connectivity index is 4.50. The number of likely N-dealkylation sites (N-methyl/N-ethyl adjacent to an activating group) is 1. The third-order valence-electron chi connectivity index (χ3n) is 8.44. The SMILES string of the molecule is CC/C=C\C/C=C\C/C=C\C/C=C\C/C=C\C/C=C\CCCCCCC(=O)NC(COP(=O)(O)OCC[N+](C)(C)C)C(O)/C=C/CC/C=C/CC/C=C/CCC. The van der Waals surface area contributed by atoms with Gasteiger partial charge in [0.2, 0.25) is 5.91 Å². The molecule has 0 aromatic carbocycles. The summed E-state index contributed by atoms with van der Waals surface area (Å²) in [6.45, 7) is 4.53. The Kier molecular flexibility index (Phi) is 35.8. The second-order valence-corrected chi connectivity index (χ2v) is 16.4. The lowest BCUT2D eigenvalue weighted by Crippen LogP contribution is -2.45. The van der Waals surface area contributed by atoms with Crippen LogP contribution in [-0.2, 0) is 18.4 Å². The summed E-state index contributed by atoms with van der Waals surface area (Å²) in [6.07, 6.45) is 54.5. The predicted molar refractivity (Wildman–Crippen MR) is 239 cm³/mol. The molecule has 3 atom stereocenters. The van der Waals surface area contributed by atoms with Crippen LogP contribution >= 0.6 is 7.82 Å². The highest BCUT2D eigenvalue weighted by molar-refractivity contribution is 7.47. The molecule has 9 heteroatoms. The molecule has 0 aromatic rings. The van der Waals surface area contributed by atoms with Crippen molar-refractivity contribution in [2.45, 2.75) is 142 Å². The van der Waals surface area contributed by atoms with Crippen molar-refractivity contribution in [3.63, 3.8) is 0 Å². The molecule has 3 N–H and O–H groups in total. The first-order chi connectivity index (χ1) is 27.0. The maximum atomic E-state index is 12.8. The van der Waals surface area contributed by atoms with Crippen LogP contribution in [0.1, 0.15) is 129 Å². The Morgan fingerprint density at radius 1 is 0.625 bits per heavy atom. The average molecular weight is 800 g/mol. The summed E-state index contributed by atoms with van der Waals surface area (Å²) in [5.41, 5.74) is 0. The van der Waals surface area contributed by atoms with E-state index in [0.29, 0.717) is 17.4 Å². The number of aliphatic hydroxyl groups excluding tert-OH is 1. The Morgan fingerprint density at radius 3 is 1.61 bits per heavy atom. The molecule has 3 unspecified atom stereocenters. The van der Waals surface area contributed by atoms with Gasteiger partial charge in [0.15, 0.2) is 0 Å². The summed E-state index contributed by atoms with van der Waals surface area (Å²) >= 11 is 0. The van der Waals surface area contributed by atoms with Gasteiger partial charge in [-0.05, 0) is 89.9 Å². The first kappa shape index (κ1) is 53.2. The lowest BCUT2D eigenvalue weighted by atomic mass is 10.1. The topological polar surface area (TPSA) is 105 Å². The molecule has 318 valence electrons. The number of phosphoric acid groups is 1. The maximum absolute atomic E-state index is 12.8. The molecule has 0 aromatic heterocycles. The molecular weight excluding hydrogens is 719 g/mol. The van der Waals surface area contributed by atoms with E-state index in [1.165, 1.54) is 0 Å². The number of quaternary nitrogens is 1. The van der Waals surface area contributed by atoms with Crippen molar-refractivity contribution in [1.29, 1.82) is 0 Å². The van der Waals surface area contributed by atoms with Crippen LogP contribution < -0.4 is 5.32 Å². The molecule has 0 saturated carbocycles. The number of carbonyl (C=O) groups excluding carboxylic acids is 1. The van der Waals surface area contributed by atoms with Gasteiger partial charge in [-0.2, -0.15) is 0 Å². The third-order valence-corrected chi connectivity index (χ3v) is 9.42. The van der Waals surface area contributed by atoms with Crippen molar-refractivity contribution in [1.82, 2.24) is 5.32 Å². The van der Waals surface area contributed by atoms with E-state index in [1.807, 2.05) is 27.2 Å². The number of allylic oxidation sites excluding steroid dienone is 17. The number of unbranched alkanes of at least 4 members (excludes halogenated alkanes) is 7. The van der Waals surface area contributed by atoms with E-state index in [0.717, 1.165) is 109 Å². The quantitative estimate of drug-likeness (QED) is 0.0252. The van der Waals surface area contributed by atoms with E-state index in [4.69, 9.17) is 9.05 Å². The van der Waals surface area contributed by atoms with Gasteiger partial charge in [-0.3, -0.25) is 13.8 Å². The number of phosphoric ester groups is 1. The summed E-state index contributed by atoms with van der Waals surface area (Å²) < 4.78 is 23.4. The summed E-state index contributed by atoms with van der Waals surface area (Å²) in [7, 11) is 1.50. The predicted octanol–water partition coefficient (Wildman–Crippen LogP) is 11.7. The molecule has 0 radical (unpaired) electrons. The van der Waals surface area contributed by atoms with E-state index >= 15 is 0 Å². The van der Waals surface area contributed by atoms with Crippen LogP contribution in [0, 0.1) is 0 Å². The normalized spacial score (nSPS) is 15.5. The lowest BCUT2D eigenvalue weighted by molar-refractivity contribution is -0.870. The maximum Gasteiger partial charge on any atom is 0.472 e. The Bertz CT molecular complexity index is 1270. The molecule has 0 spiro atoms. The average Bonchev–Trinajstić information content (AvgIpc) is 3.15. The Hall–Kier alpha value is -2.84. The van der Waals surface area contributed by atoms with Crippen molar-refractivity contribution in [2.24, 2.45) is 0 Å². The number of nitrogens with one attached hydrogen (secondary N) is 1. The number of hydrogen-bond donors (Lipinski definition) is 3. The molecule has 0 fully saturated rings. The van der Waals surface area contributed by atoms with Gasteiger partial charge in [-0.1, -0.05) is 142 Å². The molecule has 56 heavy (non-hydrogen) atoms. The highest BCUT2D eigenvalue weighted by atomic mass is 31.2. The van der Waals surface area contributed by atoms with Crippen LogP contribution in [0.4, 0.5) is 0 Å². The molecule has 0 aliphatic heterocycles. The number of nitrogens with zero attached hydrogens (tertiary/aromatic N) is 1. The van der Waals surface area contributed by atoms with Gasteiger partial charge in [0.1, 0.15) is 13.2 Å². The van der Waals surface area contributed by atoms with E-state index in [-0.39, 0.29) is 19.1 Å². The number of aliphatic hydroxyl groups is 1. The highest BCUT2D eigenvalue weighted by Gasteiger charge is 2.27. The van der Waals surface area contributed by atoms with Gasteiger partial charge in [-0.15, -0.1) is 0 Å². The van der Waals surface area contributed by atoms with E-state index in [9.17, 15) is 19.4 Å². The fraction of sp³-hybridized carbons (Fsp3) is 0.596. The number of amides is 1. The van der Waals surface area contributed by atoms with Crippen molar-refractivity contribution < 1.29 is 32.9 Å². The minimum Gasteiger partial charge on any atom is -0.387 e. The van der Waals surface area contributed by atoms with Crippen LogP contribution in [0.3, 0.4) is 0 Å². The van der Waals surface area contributed by atoms with E-state index in [1.54, 1.807) is 6.08 Å². The second kappa shape index (κ2) is 37.7. The van der Waals surface area contributed by atoms with Gasteiger partial charge in [0.05, 0.1) is 39.9 Å². The summed E-state index contributed by atoms with van der Waals surface area (Å²) in [6, 6.07) is -0.889. The molecule has 0 aliphatic rings. The molecule has 0 bridgehead atoms. The minimum absolute atomic E-state index is 0.0411. The van der Waals surface area contributed by atoms with Crippen molar-refractivity contribution in [3.8, 4) is 0 Å². The first-order valence-corrected chi connectivity index (χ1v) is 22.8. The van der Waals surface area contributed by atoms with Gasteiger partial charge in [-0.25, -0.2) is 4.57 Å². The molecule has 0 saturated heterocycles. The number of carbonyl (C=O) groups is 1. The molecular formula is C47H80N2O6P+. The first-order valence-electron chi connectivity index (χ1n) is 21.3. The fourth-order valence-electron chi connectivity index (χ4n) is 5.08. The summed E-state index contributed by atoms with van der Waals surface area (Å²) in [5.74, 6) is -0.224. The van der Waals surface area contributed by atoms with Crippen molar-refractivity contribution in [2.75, 3.05) is 40.9 Å². The van der Waals surface area contributed by atoms with E-state index in [2.05, 4.69) is 116 Å². The standard InChI is InChI=1S/C47H79N2O6P/c1-6-8-10-12-14-16-18-19-20-21-22-23-24-25-26-27-28-29-31-33-35-37-39-41-47(51)48-45(44-55-56(52,53)54-43-42-49(3,4)5)46(50)40-38-36-34-32-30-17-15-13-11-9-7-2/h8,10-11,13-14,16,19-20,22-23,25-26,28-30,32,38,40,45-46,50H,6-7,9,12,15,17-18,21,24,27,31,33-37,39,41-44H2,1-5H3,(H-,48,51,52,53)/p+1/b10-8-,13-11+,16-14-,20-19-,23-22-,26-25-,29-28-,32-30+,40-38+. The van der Waals surface area contributed by atoms with Crippen LogP contribution in [0.5, 0.6) is 0 Å².